The Kier molecular flexibility index (Phi) is 4.70. The number of nitrogens with zero attached hydrogens (tertiary/aromatic N) is 3. The lowest BCUT2D eigenvalue weighted by atomic mass is 10.1. The maximum Gasteiger partial charge on any atom is 0.416 e. The van der Waals surface area contributed by atoms with Gasteiger partial charge in [-0.25, -0.2) is 4.98 Å². The molecule has 1 aliphatic rings. The van der Waals surface area contributed by atoms with E-state index in [-0.39, 0.29) is 17.6 Å². The standard InChI is InChI=1S/C19H16F3N3O2S/c1-11-8-16(27-24-11)15-6-3-7-25(15)18(26)14-10-28-17(23-14)12-4-2-5-13(9-12)19(20,21)22/h2,4-5,8-10,15H,3,6-7H2,1H3. The maximum atomic E-state index is 12.9. The molecule has 1 saturated heterocycles. The molecule has 4 rings (SSSR count). The van der Waals surface area contributed by atoms with Gasteiger partial charge in [-0.05, 0) is 31.9 Å². The van der Waals surface area contributed by atoms with E-state index in [1.807, 2.05) is 13.0 Å². The molecule has 3 heterocycles. The summed E-state index contributed by atoms with van der Waals surface area (Å²) in [5.74, 6) is 0.378. The Morgan fingerprint density at radius 2 is 2.14 bits per heavy atom. The highest BCUT2D eigenvalue weighted by atomic mass is 32.1. The molecular formula is C19H16F3N3O2S. The van der Waals surface area contributed by atoms with Crippen LogP contribution in [0, 0.1) is 6.92 Å². The first-order chi connectivity index (χ1) is 13.3. The Morgan fingerprint density at radius 1 is 1.32 bits per heavy atom. The van der Waals surface area contributed by atoms with Crippen molar-refractivity contribution in [3.05, 3.63) is 58.4 Å². The smallest absolute Gasteiger partial charge is 0.359 e. The number of carbonyl (C=O) groups is 1. The fourth-order valence-electron chi connectivity index (χ4n) is 3.33. The minimum Gasteiger partial charge on any atom is -0.359 e. The normalized spacial score (nSPS) is 17.3. The van der Waals surface area contributed by atoms with E-state index in [4.69, 9.17) is 4.52 Å². The van der Waals surface area contributed by atoms with Crippen LogP contribution in [0.1, 0.15) is 46.4 Å². The van der Waals surface area contributed by atoms with E-state index in [0.717, 1.165) is 42.0 Å². The summed E-state index contributed by atoms with van der Waals surface area (Å²) in [6.45, 7) is 2.38. The van der Waals surface area contributed by atoms with Crippen LogP contribution in [-0.2, 0) is 6.18 Å². The molecule has 0 aliphatic carbocycles. The lowest BCUT2D eigenvalue weighted by molar-refractivity contribution is -0.137. The molecule has 1 aromatic carbocycles. The maximum absolute atomic E-state index is 12.9. The van der Waals surface area contributed by atoms with Crippen LogP contribution in [-0.4, -0.2) is 27.5 Å². The summed E-state index contributed by atoms with van der Waals surface area (Å²) in [4.78, 5) is 18.9. The number of rotatable bonds is 3. The van der Waals surface area contributed by atoms with Crippen LogP contribution in [0.25, 0.3) is 10.6 Å². The SMILES string of the molecule is Cc1cc(C2CCCN2C(=O)c2csc(-c3cccc(C(F)(F)F)c3)n2)on1. The molecule has 1 atom stereocenters. The second kappa shape index (κ2) is 7.05. The topological polar surface area (TPSA) is 59.2 Å². The number of likely N-dealkylation sites (tertiary alicyclic amines) is 1. The van der Waals surface area contributed by atoms with Gasteiger partial charge in [-0.15, -0.1) is 11.3 Å². The number of carbonyl (C=O) groups excluding carboxylic acids is 1. The van der Waals surface area contributed by atoms with E-state index < -0.39 is 11.7 Å². The monoisotopic (exact) mass is 407 g/mol. The molecule has 0 N–H and O–H groups in total. The number of alkyl halides is 3. The number of halogens is 3. The quantitative estimate of drug-likeness (QED) is 0.606. The van der Waals surface area contributed by atoms with Gasteiger partial charge in [0.25, 0.3) is 5.91 Å². The Labute approximate surface area is 162 Å². The lowest BCUT2D eigenvalue weighted by Gasteiger charge is -2.21. The highest BCUT2D eigenvalue weighted by Crippen LogP contribution is 2.35. The van der Waals surface area contributed by atoms with Crippen molar-refractivity contribution in [2.75, 3.05) is 6.54 Å². The van der Waals surface area contributed by atoms with E-state index in [2.05, 4.69) is 10.1 Å². The first-order valence-corrected chi connectivity index (χ1v) is 9.58. The van der Waals surface area contributed by atoms with Crippen molar-refractivity contribution in [2.45, 2.75) is 32.0 Å². The van der Waals surface area contributed by atoms with Crippen LogP contribution in [0.5, 0.6) is 0 Å². The van der Waals surface area contributed by atoms with Crippen molar-refractivity contribution >= 4 is 17.2 Å². The van der Waals surface area contributed by atoms with Gasteiger partial charge in [0.2, 0.25) is 0 Å². The van der Waals surface area contributed by atoms with Gasteiger partial charge in [0.1, 0.15) is 10.7 Å². The largest absolute Gasteiger partial charge is 0.416 e. The first kappa shape index (κ1) is 18.7. The molecule has 5 nitrogen and oxygen atoms in total. The molecule has 3 aromatic rings. The molecular weight excluding hydrogens is 391 g/mol. The van der Waals surface area contributed by atoms with Crippen LogP contribution in [0.15, 0.2) is 40.2 Å². The molecule has 1 fully saturated rings. The van der Waals surface area contributed by atoms with E-state index >= 15 is 0 Å². The number of amides is 1. The number of benzene rings is 1. The van der Waals surface area contributed by atoms with E-state index in [1.165, 1.54) is 6.07 Å². The molecule has 1 aliphatic heterocycles. The molecule has 1 amide bonds. The summed E-state index contributed by atoms with van der Waals surface area (Å²) < 4.78 is 44.1. The Hall–Kier alpha value is -2.68. The second-order valence-electron chi connectivity index (χ2n) is 6.64. The van der Waals surface area contributed by atoms with E-state index in [1.54, 1.807) is 16.3 Å². The van der Waals surface area contributed by atoms with Crippen molar-refractivity contribution in [3.8, 4) is 10.6 Å². The van der Waals surface area contributed by atoms with Crippen LogP contribution in [0.3, 0.4) is 0 Å². The van der Waals surface area contributed by atoms with Gasteiger partial charge >= 0.3 is 6.18 Å². The molecule has 2 aromatic heterocycles. The second-order valence-corrected chi connectivity index (χ2v) is 7.50. The number of thiazole rings is 1. The van der Waals surface area contributed by atoms with Gasteiger partial charge < -0.3 is 9.42 Å². The summed E-state index contributed by atoms with van der Waals surface area (Å²) in [5.41, 5.74) is 0.561. The third-order valence-corrected chi connectivity index (χ3v) is 5.54. The fourth-order valence-corrected chi connectivity index (χ4v) is 4.12. The summed E-state index contributed by atoms with van der Waals surface area (Å²) in [6, 6.07) is 6.56. The minimum absolute atomic E-state index is 0.201. The van der Waals surface area contributed by atoms with Crippen molar-refractivity contribution in [1.29, 1.82) is 0 Å². The Bertz CT molecular complexity index is 1010. The van der Waals surface area contributed by atoms with Crippen LogP contribution in [0.2, 0.25) is 0 Å². The minimum atomic E-state index is -4.43. The zero-order valence-electron chi connectivity index (χ0n) is 14.9. The summed E-state index contributed by atoms with van der Waals surface area (Å²) >= 11 is 1.15. The molecule has 0 spiro atoms. The number of aryl methyl sites for hydroxylation is 1. The van der Waals surface area contributed by atoms with Crippen molar-refractivity contribution in [2.24, 2.45) is 0 Å². The molecule has 0 radical (unpaired) electrons. The van der Waals surface area contributed by atoms with Crippen molar-refractivity contribution in [3.63, 3.8) is 0 Å². The molecule has 0 saturated carbocycles. The number of aromatic nitrogens is 2. The molecule has 1 unspecified atom stereocenters. The van der Waals surface area contributed by atoms with Crippen molar-refractivity contribution in [1.82, 2.24) is 15.0 Å². The van der Waals surface area contributed by atoms with Gasteiger partial charge in [0.15, 0.2) is 5.76 Å². The average molecular weight is 407 g/mol. The first-order valence-electron chi connectivity index (χ1n) is 8.70. The highest BCUT2D eigenvalue weighted by molar-refractivity contribution is 7.13. The molecule has 0 bridgehead atoms. The highest BCUT2D eigenvalue weighted by Gasteiger charge is 2.34. The van der Waals surface area contributed by atoms with E-state index in [0.29, 0.717) is 22.9 Å². The Balaban J connectivity index is 1.58. The zero-order chi connectivity index (χ0) is 19.9. The van der Waals surface area contributed by atoms with Crippen LogP contribution >= 0.6 is 11.3 Å². The van der Waals surface area contributed by atoms with Crippen LogP contribution < -0.4 is 0 Å². The summed E-state index contributed by atoms with van der Waals surface area (Å²) in [7, 11) is 0. The van der Waals surface area contributed by atoms with E-state index in [9.17, 15) is 18.0 Å². The van der Waals surface area contributed by atoms with Gasteiger partial charge in [0.05, 0.1) is 17.3 Å². The molecule has 28 heavy (non-hydrogen) atoms. The van der Waals surface area contributed by atoms with Crippen LogP contribution in [0.4, 0.5) is 13.2 Å². The average Bonchev–Trinajstić information content (AvgIpc) is 3.40. The summed E-state index contributed by atoms with van der Waals surface area (Å²) in [5, 5.41) is 5.84. The zero-order valence-corrected chi connectivity index (χ0v) is 15.7. The third kappa shape index (κ3) is 3.54. The predicted molar refractivity (Wildman–Crippen MR) is 96.8 cm³/mol. The van der Waals surface area contributed by atoms with Gasteiger partial charge in [0, 0.05) is 23.6 Å². The lowest BCUT2D eigenvalue weighted by Crippen LogP contribution is -2.30. The van der Waals surface area contributed by atoms with Crippen molar-refractivity contribution < 1.29 is 22.5 Å². The third-order valence-electron chi connectivity index (χ3n) is 4.65. The van der Waals surface area contributed by atoms with Gasteiger partial charge in [-0.1, -0.05) is 17.3 Å². The number of hydrogen-bond donors (Lipinski definition) is 0. The molecule has 9 heteroatoms. The fraction of sp³-hybridized carbons (Fsp3) is 0.316. The number of hydrogen-bond acceptors (Lipinski definition) is 5. The molecule has 146 valence electrons. The Morgan fingerprint density at radius 3 is 2.86 bits per heavy atom. The van der Waals surface area contributed by atoms with Gasteiger partial charge in [-0.2, -0.15) is 13.2 Å². The van der Waals surface area contributed by atoms with Gasteiger partial charge in [-0.3, -0.25) is 4.79 Å². The summed E-state index contributed by atoms with van der Waals surface area (Å²) in [6.07, 6.45) is -2.82. The predicted octanol–water partition coefficient (Wildman–Crippen LogP) is 5.10.